The molecule has 0 spiro atoms. The molecule has 5 nitrogen and oxygen atoms in total. The fourth-order valence-electron chi connectivity index (χ4n) is 3.02. The van der Waals surface area contributed by atoms with Gasteiger partial charge in [-0.15, -0.1) is 0 Å². The summed E-state index contributed by atoms with van der Waals surface area (Å²) in [4.78, 5) is 16.4. The van der Waals surface area contributed by atoms with Gasteiger partial charge in [-0.2, -0.15) is 0 Å². The third kappa shape index (κ3) is 2.24. The molecule has 1 saturated heterocycles. The first-order valence-electron chi connectivity index (χ1n) is 6.78. The number of carbonyl (C=O) groups excluding carboxylic acids is 1. The Morgan fingerprint density at radius 1 is 1.53 bits per heavy atom. The lowest BCUT2D eigenvalue weighted by atomic mass is 9.68. The van der Waals surface area contributed by atoms with Crippen molar-refractivity contribution in [2.75, 3.05) is 6.61 Å². The highest BCUT2D eigenvalue weighted by Gasteiger charge is 2.51. The molecule has 0 bridgehead atoms. The van der Waals surface area contributed by atoms with E-state index < -0.39 is 0 Å². The Morgan fingerprint density at radius 2 is 2.37 bits per heavy atom. The molecule has 1 aromatic heterocycles. The van der Waals surface area contributed by atoms with Crippen LogP contribution < -0.4 is 11.1 Å². The van der Waals surface area contributed by atoms with Crippen LogP contribution in [0.1, 0.15) is 29.0 Å². The van der Waals surface area contributed by atoms with Crippen molar-refractivity contribution in [3.63, 3.8) is 0 Å². The van der Waals surface area contributed by atoms with Gasteiger partial charge in [0.1, 0.15) is 5.69 Å². The first kappa shape index (κ1) is 12.6. The van der Waals surface area contributed by atoms with Crippen molar-refractivity contribution in [1.82, 2.24) is 10.3 Å². The number of hydrogen-bond acceptors (Lipinski definition) is 4. The van der Waals surface area contributed by atoms with E-state index in [1.807, 2.05) is 19.1 Å². The Balaban J connectivity index is 1.67. The number of nitrogens with one attached hydrogen (secondary N) is 1. The van der Waals surface area contributed by atoms with Gasteiger partial charge in [0.25, 0.3) is 5.91 Å². The van der Waals surface area contributed by atoms with Gasteiger partial charge in [0.2, 0.25) is 0 Å². The van der Waals surface area contributed by atoms with Crippen molar-refractivity contribution < 1.29 is 9.53 Å². The minimum atomic E-state index is -0.170. The minimum absolute atomic E-state index is 0.000871. The van der Waals surface area contributed by atoms with Crippen LogP contribution in [0.2, 0.25) is 0 Å². The number of fused-ring (bicyclic) bond motifs is 1. The van der Waals surface area contributed by atoms with Crippen molar-refractivity contribution >= 4 is 5.91 Å². The Hall–Kier alpha value is -1.46. The summed E-state index contributed by atoms with van der Waals surface area (Å²) >= 11 is 0. The summed E-state index contributed by atoms with van der Waals surface area (Å²) in [5, 5.41) is 2.96. The normalized spacial score (nSPS) is 33.2. The van der Waals surface area contributed by atoms with E-state index in [1.165, 1.54) is 0 Å². The molecule has 1 amide bonds. The number of aryl methyl sites for hydroxylation is 1. The molecule has 0 radical (unpaired) electrons. The molecular weight excluding hydrogens is 242 g/mol. The second kappa shape index (κ2) is 4.90. The van der Waals surface area contributed by atoms with Crippen LogP contribution >= 0.6 is 0 Å². The van der Waals surface area contributed by atoms with Crippen LogP contribution in [-0.2, 0) is 4.74 Å². The molecule has 19 heavy (non-hydrogen) atoms. The van der Waals surface area contributed by atoms with E-state index in [1.54, 1.807) is 6.07 Å². The minimum Gasteiger partial charge on any atom is -0.376 e. The number of nitrogens with zero attached hydrogens (tertiary/aromatic N) is 1. The van der Waals surface area contributed by atoms with Crippen molar-refractivity contribution in [2.45, 2.75) is 38.0 Å². The van der Waals surface area contributed by atoms with E-state index >= 15 is 0 Å². The number of pyridine rings is 1. The van der Waals surface area contributed by atoms with Gasteiger partial charge in [0.15, 0.2) is 0 Å². The van der Waals surface area contributed by atoms with Crippen LogP contribution in [0, 0.1) is 12.8 Å². The molecule has 1 aliphatic heterocycles. The first-order chi connectivity index (χ1) is 9.16. The second-order valence-corrected chi connectivity index (χ2v) is 5.38. The molecule has 1 aliphatic carbocycles. The highest BCUT2D eigenvalue weighted by molar-refractivity contribution is 5.92. The van der Waals surface area contributed by atoms with Gasteiger partial charge in [-0.1, -0.05) is 6.07 Å². The van der Waals surface area contributed by atoms with Crippen LogP contribution in [0.25, 0.3) is 0 Å². The molecule has 3 N–H and O–H groups in total. The zero-order valence-electron chi connectivity index (χ0n) is 11.0. The van der Waals surface area contributed by atoms with Crippen molar-refractivity contribution in [3.05, 3.63) is 29.6 Å². The van der Waals surface area contributed by atoms with Crippen molar-refractivity contribution in [1.29, 1.82) is 0 Å². The van der Waals surface area contributed by atoms with E-state index in [9.17, 15) is 4.79 Å². The summed E-state index contributed by atoms with van der Waals surface area (Å²) in [6, 6.07) is 5.33. The van der Waals surface area contributed by atoms with Gasteiger partial charge in [-0.05, 0) is 31.9 Å². The van der Waals surface area contributed by atoms with Crippen LogP contribution in [0.5, 0.6) is 0 Å². The standard InChI is InChI=1S/C14H19N3O2/c1-8-4-2-6-10(16-8)14(18)17-12-11(15)9-5-3-7-19-13(9)12/h2,4,6,9,11-13H,3,5,7,15H2,1H3,(H,17,18). The number of carbonyl (C=O) groups is 1. The summed E-state index contributed by atoms with van der Waals surface area (Å²) in [5.74, 6) is 0.223. The highest BCUT2D eigenvalue weighted by atomic mass is 16.5. The summed E-state index contributed by atoms with van der Waals surface area (Å²) in [7, 11) is 0. The lowest BCUT2D eigenvalue weighted by molar-refractivity contribution is -0.117. The molecule has 1 aromatic rings. The maximum Gasteiger partial charge on any atom is 0.270 e. The molecule has 4 atom stereocenters. The quantitative estimate of drug-likeness (QED) is 0.818. The fraction of sp³-hybridized carbons (Fsp3) is 0.571. The lowest BCUT2D eigenvalue weighted by Crippen LogP contribution is -2.72. The van der Waals surface area contributed by atoms with Gasteiger partial charge in [0.05, 0.1) is 12.1 Å². The Bertz CT molecular complexity index is 491. The molecule has 2 heterocycles. The maximum atomic E-state index is 12.1. The molecule has 4 unspecified atom stereocenters. The summed E-state index contributed by atoms with van der Waals surface area (Å²) in [5.41, 5.74) is 7.39. The SMILES string of the molecule is Cc1cccc(C(=O)NC2C(N)C3CCCOC32)n1. The van der Waals surface area contributed by atoms with Gasteiger partial charge >= 0.3 is 0 Å². The summed E-state index contributed by atoms with van der Waals surface area (Å²) < 4.78 is 5.71. The fourth-order valence-corrected chi connectivity index (χ4v) is 3.02. The van der Waals surface area contributed by atoms with Gasteiger partial charge < -0.3 is 15.8 Å². The van der Waals surface area contributed by atoms with Gasteiger partial charge in [0, 0.05) is 24.3 Å². The van der Waals surface area contributed by atoms with Gasteiger partial charge in [-0.3, -0.25) is 4.79 Å². The van der Waals surface area contributed by atoms with Crippen molar-refractivity contribution in [3.8, 4) is 0 Å². The lowest BCUT2D eigenvalue weighted by Gasteiger charge is -2.52. The number of rotatable bonds is 2. The van der Waals surface area contributed by atoms with E-state index in [4.69, 9.17) is 10.5 Å². The Labute approximate surface area is 112 Å². The van der Waals surface area contributed by atoms with Crippen LogP contribution in [0.4, 0.5) is 0 Å². The average Bonchev–Trinajstić information content (AvgIpc) is 2.44. The molecule has 102 valence electrons. The number of amides is 1. The number of hydrogen-bond donors (Lipinski definition) is 2. The van der Waals surface area contributed by atoms with Gasteiger partial charge in [-0.25, -0.2) is 4.98 Å². The van der Waals surface area contributed by atoms with Crippen LogP contribution in [-0.4, -0.2) is 35.7 Å². The topological polar surface area (TPSA) is 77.2 Å². The van der Waals surface area contributed by atoms with E-state index in [2.05, 4.69) is 10.3 Å². The van der Waals surface area contributed by atoms with E-state index in [-0.39, 0.29) is 24.1 Å². The molecule has 2 fully saturated rings. The highest BCUT2D eigenvalue weighted by Crippen LogP contribution is 2.37. The third-order valence-corrected chi connectivity index (χ3v) is 4.10. The molecule has 5 heteroatoms. The third-order valence-electron chi connectivity index (χ3n) is 4.10. The van der Waals surface area contributed by atoms with E-state index in [0.717, 1.165) is 25.1 Å². The molecule has 2 aliphatic rings. The number of nitrogens with two attached hydrogens (primary N) is 1. The van der Waals surface area contributed by atoms with Crippen LogP contribution in [0.3, 0.4) is 0 Å². The Kier molecular flexibility index (Phi) is 3.24. The largest absolute Gasteiger partial charge is 0.376 e. The molecule has 3 rings (SSSR count). The zero-order chi connectivity index (χ0) is 13.4. The maximum absolute atomic E-state index is 12.1. The van der Waals surface area contributed by atoms with Crippen LogP contribution in [0.15, 0.2) is 18.2 Å². The summed E-state index contributed by atoms with van der Waals surface area (Å²) in [6.07, 6.45) is 2.24. The first-order valence-corrected chi connectivity index (χ1v) is 6.78. The molecular formula is C14H19N3O2. The molecule has 1 saturated carbocycles. The smallest absolute Gasteiger partial charge is 0.270 e. The van der Waals surface area contributed by atoms with E-state index in [0.29, 0.717) is 11.6 Å². The Morgan fingerprint density at radius 3 is 3.16 bits per heavy atom. The average molecular weight is 261 g/mol. The predicted octanol–water partition coefficient (Wildman–Crippen LogP) is 0.625. The second-order valence-electron chi connectivity index (χ2n) is 5.38. The zero-order valence-corrected chi connectivity index (χ0v) is 11.0. The van der Waals surface area contributed by atoms with Crippen molar-refractivity contribution in [2.24, 2.45) is 11.7 Å². The number of ether oxygens (including phenoxy) is 1. The predicted molar refractivity (Wildman–Crippen MR) is 70.7 cm³/mol. The number of aromatic nitrogens is 1. The monoisotopic (exact) mass is 261 g/mol. The summed E-state index contributed by atoms with van der Waals surface area (Å²) in [6.45, 7) is 2.63. The molecule has 0 aromatic carbocycles.